The van der Waals surface area contributed by atoms with Gasteiger partial charge in [0, 0.05) is 31.1 Å². The van der Waals surface area contributed by atoms with E-state index in [0.29, 0.717) is 0 Å². The minimum Gasteiger partial charge on any atom is -0.495 e. The Balaban J connectivity index is 1.79. The fourth-order valence-electron chi connectivity index (χ4n) is 5.47. The Bertz CT molecular complexity index is 1590. The Kier molecular flexibility index (Phi) is 10.6. The van der Waals surface area contributed by atoms with E-state index in [4.69, 9.17) is 4.74 Å². The van der Waals surface area contributed by atoms with Crippen molar-refractivity contribution in [2.45, 2.75) is 57.7 Å². The van der Waals surface area contributed by atoms with Crippen molar-refractivity contribution in [1.29, 1.82) is 0 Å². The number of carbonyl (C=O) groups excluding carboxylic acids is 2. The van der Waals surface area contributed by atoms with E-state index >= 15 is 0 Å². The number of carbonyl (C=O) groups is 2. The standard InChI is InChI=1S/C32H38N4O7S/c1-23-11-7-8-14-25(23)21-34(29(19-24-12-5-4-6-13-24)32(38)33-26-15-9-10-16-26)31(37)22-35(44(3,41)42)28-20-27(36(39)40)17-18-30(28)43-2/h4-8,11-14,17-18,20,26,29H,9-10,15-16,19,21-22H2,1-3H3,(H,33,38)/t29-/m0/s1. The topological polar surface area (TPSA) is 139 Å². The zero-order valence-corrected chi connectivity index (χ0v) is 26.0. The van der Waals surface area contributed by atoms with E-state index in [1.165, 1.54) is 24.1 Å². The molecule has 0 spiro atoms. The number of rotatable bonds is 13. The molecule has 1 fully saturated rings. The molecular formula is C32H38N4O7S. The molecule has 0 radical (unpaired) electrons. The van der Waals surface area contributed by atoms with E-state index in [2.05, 4.69) is 5.32 Å². The summed E-state index contributed by atoms with van der Waals surface area (Å²) in [5.41, 5.74) is 2.02. The van der Waals surface area contributed by atoms with Gasteiger partial charge < -0.3 is 15.0 Å². The summed E-state index contributed by atoms with van der Waals surface area (Å²) in [6.07, 6.45) is 4.84. The van der Waals surface area contributed by atoms with E-state index in [-0.39, 0.29) is 42.0 Å². The molecule has 0 heterocycles. The van der Waals surface area contributed by atoms with Gasteiger partial charge >= 0.3 is 0 Å². The molecule has 0 aromatic heterocycles. The predicted octanol–water partition coefficient (Wildman–Crippen LogP) is 4.38. The van der Waals surface area contributed by atoms with Crippen LogP contribution in [-0.4, -0.2) is 62.0 Å². The number of hydrogen-bond acceptors (Lipinski definition) is 7. The second kappa shape index (κ2) is 14.3. The largest absolute Gasteiger partial charge is 0.495 e. The second-order valence-electron chi connectivity index (χ2n) is 11.0. The van der Waals surface area contributed by atoms with Crippen LogP contribution in [0.2, 0.25) is 0 Å². The van der Waals surface area contributed by atoms with Crippen LogP contribution in [0.25, 0.3) is 0 Å². The number of benzene rings is 3. The van der Waals surface area contributed by atoms with Gasteiger partial charge in [-0.05, 0) is 42.5 Å². The molecule has 234 valence electrons. The lowest BCUT2D eigenvalue weighted by atomic mass is 10.0. The Morgan fingerprint density at radius 2 is 1.70 bits per heavy atom. The molecule has 0 unspecified atom stereocenters. The fourth-order valence-corrected chi connectivity index (χ4v) is 6.32. The molecule has 1 saturated carbocycles. The molecule has 0 saturated heterocycles. The molecule has 1 N–H and O–H groups in total. The van der Waals surface area contributed by atoms with E-state index in [9.17, 15) is 28.1 Å². The summed E-state index contributed by atoms with van der Waals surface area (Å²) >= 11 is 0. The average Bonchev–Trinajstić information content (AvgIpc) is 3.51. The fraction of sp³-hybridized carbons (Fsp3) is 0.375. The van der Waals surface area contributed by atoms with Crippen LogP contribution >= 0.6 is 0 Å². The van der Waals surface area contributed by atoms with Crippen molar-refractivity contribution in [2.75, 3.05) is 24.2 Å². The lowest BCUT2D eigenvalue weighted by Crippen LogP contribution is -2.54. The highest BCUT2D eigenvalue weighted by Crippen LogP contribution is 2.34. The number of ether oxygens (including phenoxy) is 1. The number of non-ortho nitro benzene ring substituents is 1. The summed E-state index contributed by atoms with van der Waals surface area (Å²) in [6, 6.07) is 19.4. The lowest BCUT2D eigenvalue weighted by Gasteiger charge is -2.34. The van der Waals surface area contributed by atoms with Crippen LogP contribution < -0.4 is 14.4 Å². The van der Waals surface area contributed by atoms with Gasteiger partial charge in [0.15, 0.2) is 0 Å². The zero-order valence-electron chi connectivity index (χ0n) is 25.1. The molecule has 4 rings (SSSR count). The number of amides is 2. The number of nitro benzene ring substituents is 1. The first-order valence-electron chi connectivity index (χ1n) is 14.5. The van der Waals surface area contributed by atoms with Crippen LogP contribution in [0.15, 0.2) is 72.8 Å². The SMILES string of the molecule is COc1ccc([N+](=O)[O-])cc1N(CC(=O)N(Cc1ccccc1C)[C@@H](Cc1ccccc1)C(=O)NC1CCCC1)S(C)(=O)=O. The number of nitrogens with one attached hydrogen (secondary N) is 1. The summed E-state index contributed by atoms with van der Waals surface area (Å²) in [6.45, 7) is 1.24. The molecule has 44 heavy (non-hydrogen) atoms. The third-order valence-electron chi connectivity index (χ3n) is 7.90. The number of sulfonamides is 1. The molecule has 12 heteroatoms. The van der Waals surface area contributed by atoms with Gasteiger partial charge in [0.05, 0.1) is 18.3 Å². The van der Waals surface area contributed by atoms with Gasteiger partial charge in [-0.2, -0.15) is 0 Å². The van der Waals surface area contributed by atoms with Crippen molar-refractivity contribution in [2.24, 2.45) is 0 Å². The Labute approximate surface area is 258 Å². The quantitative estimate of drug-likeness (QED) is 0.221. The molecule has 11 nitrogen and oxygen atoms in total. The number of aryl methyl sites for hydroxylation is 1. The van der Waals surface area contributed by atoms with Crippen LogP contribution in [0.1, 0.15) is 42.4 Å². The van der Waals surface area contributed by atoms with Crippen molar-refractivity contribution < 1.29 is 27.7 Å². The lowest BCUT2D eigenvalue weighted by molar-refractivity contribution is -0.384. The highest BCUT2D eigenvalue weighted by molar-refractivity contribution is 7.92. The zero-order chi connectivity index (χ0) is 31.9. The van der Waals surface area contributed by atoms with Crippen LogP contribution in [0.5, 0.6) is 5.75 Å². The minimum absolute atomic E-state index is 0.00201. The molecule has 0 bridgehead atoms. The molecule has 1 atom stereocenters. The van der Waals surface area contributed by atoms with Gasteiger partial charge in [-0.25, -0.2) is 8.42 Å². The van der Waals surface area contributed by atoms with Crippen molar-refractivity contribution in [3.8, 4) is 5.75 Å². The Hall–Kier alpha value is -4.45. The second-order valence-corrected chi connectivity index (χ2v) is 12.9. The van der Waals surface area contributed by atoms with Gasteiger partial charge in [-0.1, -0.05) is 67.4 Å². The molecule has 3 aromatic carbocycles. The molecule has 0 aliphatic heterocycles. The van der Waals surface area contributed by atoms with Crippen LogP contribution in [0.3, 0.4) is 0 Å². The van der Waals surface area contributed by atoms with E-state index in [1.807, 2.05) is 61.5 Å². The smallest absolute Gasteiger partial charge is 0.271 e. The van der Waals surface area contributed by atoms with E-state index in [1.54, 1.807) is 0 Å². The first kappa shape index (κ1) is 32.5. The van der Waals surface area contributed by atoms with Crippen molar-refractivity contribution >= 4 is 33.2 Å². The van der Waals surface area contributed by atoms with Gasteiger partial charge in [-0.3, -0.25) is 24.0 Å². The highest BCUT2D eigenvalue weighted by atomic mass is 32.2. The van der Waals surface area contributed by atoms with Crippen LogP contribution in [0, 0.1) is 17.0 Å². The minimum atomic E-state index is -4.14. The molecular weight excluding hydrogens is 584 g/mol. The molecule has 3 aromatic rings. The highest BCUT2D eigenvalue weighted by Gasteiger charge is 2.35. The summed E-state index contributed by atoms with van der Waals surface area (Å²) in [5.74, 6) is -0.921. The average molecular weight is 623 g/mol. The van der Waals surface area contributed by atoms with Gasteiger partial charge in [0.1, 0.15) is 24.0 Å². The summed E-state index contributed by atoms with van der Waals surface area (Å²) in [7, 11) is -2.84. The first-order chi connectivity index (χ1) is 21.0. The molecule has 1 aliphatic carbocycles. The van der Waals surface area contributed by atoms with Gasteiger partial charge in [0.2, 0.25) is 21.8 Å². The van der Waals surface area contributed by atoms with E-state index < -0.39 is 33.4 Å². The van der Waals surface area contributed by atoms with E-state index in [0.717, 1.165) is 59.0 Å². The Morgan fingerprint density at radius 1 is 1.05 bits per heavy atom. The maximum Gasteiger partial charge on any atom is 0.271 e. The Morgan fingerprint density at radius 3 is 2.32 bits per heavy atom. The third kappa shape index (κ3) is 8.13. The summed E-state index contributed by atoms with van der Waals surface area (Å²) in [5, 5.41) is 14.7. The van der Waals surface area contributed by atoms with Crippen LogP contribution in [-0.2, 0) is 32.6 Å². The molecule has 1 aliphatic rings. The van der Waals surface area contributed by atoms with Gasteiger partial charge in [0.25, 0.3) is 5.69 Å². The summed E-state index contributed by atoms with van der Waals surface area (Å²) < 4.78 is 32.4. The number of nitro groups is 1. The molecule has 2 amide bonds. The summed E-state index contributed by atoms with van der Waals surface area (Å²) in [4.78, 5) is 40.6. The predicted molar refractivity (Wildman–Crippen MR) is 168 cm³/mol. The first-order valence-corrected chi connectivity index (χ1v) is 16.3. The van der Waals surface area contributed by atoms with Crippen LogP contribution in [0.4, 0.5) is 11.4 Å². The van der Waals surface area contributed by atoms with Crippen molar-refractivity contribution in [1.82, 2.24) is 10.2 Å². The van der Waals surface area contributed by atoms with Crippen molar-refractivity contribution in [3.63, 3.8) is 0 Å². The third-order valence-corrected chi connectivity index (χ3v) is 9.02. The number of methoxy groups -OCH3 is 1. The number of anilines is 1. The van der Waals surface area contributed by atoms with Crippen molar-refractivity contribution in [3.05, 3.63) is 99.6 Å². The maximum atomic E-state index is 14.3. The number of nitrogens with zero attached hydrogens (tertiary/aromatic N) is 3. The monoisotopic (exact) mass is 622 g/mol. The maximum absolute atomic E-state index is 14.3. The van der Waals surface area contributed by atoms with Gasteiger partial charge in [-0.15, -0.1) is 0 Å². The normalized spacial score (nSPS) is 14.1. The number of hydrogen-bond donors (Lipinski definition) is 1.